The smallest absolute Gasteiger partial charge is 0.272 e. The van der Waals surface area contributed by atoms with Crippen molar-refractivity contribution in [3.05, 3.63) is 63.9 Å². The molecule has 0 N–H and O–H groups in total. The number of sulfone groups is 1. The van der Waals surface area contributed by atoms with E-state index >= 15 is 0 Å². The molecule has 0 fully saturated rings. The average molecular weight is 431 g/mol. The molecule has 0 radical (unpaired) electrons. The average Bonchev–Trinajstić information content (AvgIpc) is 2.97. The summed E-state index contributed by atoms with van der Waals surface area (Å²) in [5, 5.41) is 0.532. The molecule has 0 aliphatic carbocycles. The number of aromatic nitrogens is 1. The minimum atomic E-state index is -3.34. The van der Waals surface area contributed by atoms with Crippen LogP contribution in [-0.4, -0.2) is 25.1 Å². The number of amides is 1. The fourth-order valence-corrected chi connectivity index (χ4v) is 4.51. The van der Waals surface area contributed by atoms with Crippen molar-refractivity contribution in [3.8, 4) is 12.3 Å². The van der Waals surface area contributed by atoms with Crippen LogP contribution in [0.2, 0.25) is 5.02 Å². The molecule has 3 aromatic rings. The molecule has 0 saturated carbocycles. The van der Waals surface area contributed by atoms with E-state index in [2.05, 4.69) is 10.9 Å². The number of benzene rings is 2. The Morgan fingerprint density at radius 1 is 1.32 bits per heavy atom. The topological polar surface area (TPSA) is 68.5 Å². The third-order valence-corrected chi connectivity index (χ3v) is 6.34. The van der Waals surface area contributed by atoms with Crippen LogP contribution in [0.3, 0.4) is 0 Å². The lowest BCUT2D eigenvalue weighted by atomic mass is 10.2. The molecule has 1 heterocycles. The third-order valence-electron chi connectivity index (χ3n) is 3.85. The number of carbonyl (C=O) groups excluding carboxylic acids is 1. The lowest BCUT2D eigenvalue weighted by molar-refractivity contribution is -0.113. The van der Waals surface area contributed by atoms with Crippen LogP contribution in [0, 0.1) is 12.3 Å². The Balaban J connectivity index is 2.05. The van der Waals surface area contributed by atoms with Gasteiger partial charge in [0.25, 0.3) is 5.91 Å². The Bertz CT molecular complexity index is 1310. The van der Waals surface area contributed by atoms with Crippen molar-refractivity contribution in [3.63, 3.8) is 0 Å². The van der Waals surface area contributed by atoms with Crippen LogP contribution in [0.5, 0.6) is 0 Å². The highest BCUT2D eigenvalue weighted by atomic mass is 35.5. The van der Waals surface area contributed by atoms with Crippen molar-refractivity contribution in [2.24, 2.45) is 4.99 Å². The molecule has 0 bridgehead atoms. The molecule has 28 heavy (non-hydrogen) atoms. The van der Waals surface area contributed by atoms with Gasteiger partial charge < -0.3 is 4.57 Å². The highest BCUT2D eigenvalue weighted by Gasteiger charge is 2.12. The Hall–Kier alpha value is -2.66. The van der Waals surface area contributed by atoms with Crippen LogP contribution >= 0.6 is 22.9 Å². The third kappa shape index (κ3) is 4.42. The molecule has 3 rings (SSSR count). The summed E-state index contributed by atoms with van der Waals surface area (Å²) in [6.45, 7) is 0.207. The monoisotopic (exact) mass is 430 g/mol. The van der Waals surface area contributed by atoms with Gasteiger partial charge in [0.15, 0.2) is 14.6 Å². The number of terminal acetylenes is 1. The van der Waals surface area contributed by atoms with Gasteiger partial charge in [-0.15, -0.1) is 6.42 Å². The Morgan fingerprint density at radius 2 is 2.07 bits per heavy atom. The number of hydrogen-bond donors (Lipinski definition) is 0. The maximum Gasteiger partial charge on any atom is 0.272 e. The van der Waals surface area contributed by atoms with Gasteiger partial charge in [-0.05, 0) is 35.9 Å². The normalized spacial score (nSPS) is 12.5. The van der Waals surface area contributed by atoms with Crippen LogP contribution in [0.15, 0.2) is 58.4 Å². The minimum absolute atomic E-state index is 0.200. The van der Waals surface area contributed by atoms with Crippen molar-refractivity contribution >= 4 is 55.0 Å². The zero-order valence-corrected chi connectivity index (χ0v) is 17.2. The molecule has 142 valence electrons. The predicted molar refractivity (Wildman–Crippen MR) is 113 cm³/mol. The maximum atomic E-state index is 12.3. The van der Waals surface area contributed by atoms with Crippen LogP contribution < -0.4 is 4.80 Å². The van der Waals surface area contributed by atoms with Gasteiger partial charge in [0.05, 0.1) is 21.7 Å². The van der Waals surface area contributed by atoms with Gasteiger partial charge in [-0.1, -0.05) is 47.1 Å². The van der Waals surface area contributed by atoms with Gasteiger partial charge >= 0.3 is 0 Å². The van der Waals surface area contributed by atoms with Crippen LogP contribution in [-0.2, 0) is 21.2 Å². The van der Waals surface area contributed by atoms with E-state index in [0.29, 0.717) is 20.1 Å². The molecule has 5 nitrogen and oxygen atoms in total. The Labute approximate surface area is 171 Å². The quantitative estimate of drug-likeness (QED) is 0.469. The molecule has 2 aromatic carbocycles. The second-order valence-corrected chi connectivity index (χ2v) is 9.31. The number of thiazole rings is 1. The first kappa shape index (κ1) is 20.1. The summed E-state index contributed by atoms with van der Waals surface area (Å²) >= 11 is 7.28. The van der Waals surface area contributed by atoms with E-state index in [1.165, 1.54) is 23.5 Å². The highest BCUT2D eigenvalue weighted by molar-refractivity contribution is 7.90. The fourth-order valence-electron chi connectivity index (χ4n) is 2.52. The highest BCUT2D eigenvalue weighted by Crippen LogP contribution is 2.22. The molecule has 0 aliphatic rings. The summed E-state index contributed by atoms with van der Waals surface area (Å²) in [7, 11) is -3.34. The molecule has 0 atom stereocenters. The van der Waals surface area contributed by atoms with Gasteiger partial charge in [0.1, 0.15) is 0 Å². The largest absolute Gasteiger partial charge is 0.305 e. The number of rotatable bonds is 4. The van der Waals surface area contributed by atoms with E-state index in [-0.39, 0.29) is 11.4 Å². The standard InChI is InChI=1S/C20H15ClN2O3S2/c1-3-12-23-17-10-9-15(28(2,25)26)13-18(17)27-20(23)22-19(24)11-8-14-6-4-5-7-16(14)21/h1,4-11,13H,12H2,2H3. The van der Waals surface area contributed by atoms with E-state index < -0.39 is 15.7 Å². The first-order chi connectivity index (χ1) is 13.3. The minimum Gasteiger partial charge on any atom is -0.305 e. The van der Waals surface area contributed by atoms with Crippen LogP contribution in [0.4, 0.5) is 0 Å². The van der Waals surface area contributed by atoms with Gasteiger partial charge in [0, 0.05) is 17.4 Å². The fraction of sp³-hybridized carbons (Fsp3) is 0.100. The van der Waals surface area contributed by atoms with Gasteiger partial charge in [-0.3, -0.25) is 4.79 Å². The molecule has 0 aliphatic heterocycles. The number of nitrogens with zero attached hydrogens (tertiary/aromatic N) is 2. The summed E-state index contributed by atoms with van der Waals surface area (Å²) in [6, 6.07) is 11.9. The Kier molecular flexibility index (Phi) is 5.84. The van der Waals surface area contributed by atoms with Crippen molar-refractivity contribution in [2.45, 2.75) is 11.4 Å². The van der Waals surface area contributed by atoms with E-state index in [4.69, 9.17) is 18.0 Å². The summed E-state index contributed by atoms with van der Waals surface area (Å²) < 4.78 is 26.0. The molecule has 1 aromatic heterocycles. The molecule has 0 unspecified atom stereocenters. The zero-order chi connectivity index (χ0) is 20.3. The lowest BCUT2D eigenvalue weighted by Crippen LogP contribution is -2.15. The zero-order valence-electron chi connectivity index (χ0n) is 14.8. The second-order valence-electron chi connectivity index (χ2n) is 5.88. The number of fused-ring (bicyclic) bond motifs is 1. The van der Waals surface area contributed by atoms with Crippen molar-refractivity contribution in [2.75, 3.05) is 6.26 Å². The van der Waals surface area contributed by atoms with E-state index in [9.17, 15) is 13.2 Å². The summed E-state index contributed by atoms with van der Waals surface area (Å²) in [4.78, 5) is 17.0. The predicted octanol–water partition coefficient (Wildman–Crippen LogP) is 3.53. The van der Waals surface area contributed by atoms with Gasteiger partial charge in [0.2, 0.25) is 0 Å². The SMILES string of the molecule is C#CCn1c(=NC(=O)C=Cc2ccccc2Cl)sc2cc(S(C)(=O)=O)ccc21. The van der Waals surface area contributed by atoms with Gasteiger partial charge in [-0.25, -0.2) is 8.42 Å². The Morgan fingerprint density at radius 3 is 2.75 bits per heavy atom. The van der Waals surface area contributed by atoms with Crippen molar-refractivity contribution < 1.29 is 13.2 Å². The van der Waals surface area contributed by atoms with Crippen molar-refractivity contribution in [1.82, 2.24) is 4.57 Å². The molecular weight excluding hydrogens is 416 g/mol. The molecule has 1 amide bonds. The summed E-state index contributed by atoms with van der Waals surface area (Å²) in [6.07, 6.45) is 9.51. The van der Waals surface area contributed by atoms with E-state index in [1.54, 1.807) is 41.0 Å². The number of hydrogen-bond acceptors (Lipinski definition) is 4. The molecule has 8 heteroatoms. The molecule has 0 spiro atoms. The first-order valence-electron chi connectivity index (χ1n) is 8.08. The van der Waals surface area contributed by atoms with E-state index in [1.807, 2.05) is 6.07 Å². The van der Waals surface area contributed by atoms with Crippen molar-refractivity contribution in [1.29, 1.82) is 0 Å². The number of carbonyl (C=O) groups is 1. The molecule has 0 saturated heterocycles. The lowest BCUT2D eigenvalue weighted by Gasteiger charge is -2.01. The van der Waals surface area contributed by atoms with Gasteiger partial charge in [-0.2, -0.15) is 4.99 Å². The van der Waals surface area contributed by atoms with E-state index in [0.717, 1.165) is 11.8 Å². The second kappa shape index (κ2) is 8.15. The summed E-state index contributed by atoms with van der Waals surface area (Å²) in [5.74, 6) is 2.06. The van der Waals surface area contributed by atoms with Crippen LogP contribution in [0.1, 0.15) is 5.56 Å². The molecular formula is C20H15ClN2O3S2. The maximum absolute atomic E-state index is 12.3. The summed E-state index contributed by atoms with van der Waals surface area (Å²) in [5.41, 5.74) is 1.43. The van der Waals surface area contributed by atoms with Crippen LogP contribution in [0.25, 0.3) is 16.3 Å². The number of halogens is 1. The first-order valence-corrected chi connectivity index (χ1v) is 11.2.